The standard InChI is InChI=1S/C17H13NO5S/c19-13(14-6-3-7-24-14)10-23-16(21)9-18-15(20)8-11-4-1-2-5-12(11)17(18)22/h1-7H,8-10H2. The first kappa shape index (κ1) is 16.1. The number of fused-ring (bicyclic) bond motifs is 1. The number of ether oxygens (including phenoxy) is 1. The molecule has 0 bridgehead atoms. The van der Waals surface area contributed by atoms with E-state index in [-0.39, 0.29) is 12.2 Å². The third-order valence-electron chi connectivity index (χ3n) is 3.58. The molecule has 6 nitrogen and oxygen atoms in total. The molecule has 0 radical (unpaired) electrons. The fraction of sp³-hybridized carbons (Fsp3) is 0.176. The van der Waals surface area contributed by atoms with Crippen molar-refractivity contribution in [2.45, 2.75) is 6.42 Å². The van der Waals surface area contributed by atoms with Crippen molar-refractivity contribution in [3.8, 4) is 0 Å². The number of ketones is 1. The molecule has 0 spiro atoms. The predicted molar refractivity (Wildman–Crippen MR) is 85.8 cm³/mol. The third-order valence-corrected chi connectivity index (χ3v) is 4.49. The number of rotatable bonds is 5. The minimum absolute atomic E-state index is 0.0588. The number of carbonyl (C=O) groups is 4. The Hall–Kier alpha value is -2.80. The Labute approximate surface area is 141 Å². The molecule has 2 aromatic rings. The van der Waals surface area contributed by atoms with Gasteiger partial charge in [-0.05, 0) is 23.1 Å². The average Bonchev–Trinajstić information content (AvgIpc) is 3.11. The van der Waals surface area contributed by atoms with Gasteiger partial charge in [0.05, 0.1) is 11.3 Å². The second kappa shape index (κ2) is 6.76. The van der Waals surface area contributed by atoms with Crippen LogP contribution in [0.4, 0.5) is 0 Å². The van der Waals surface area contributed by atoms with E-state index in [4.69, 9.17) is 4.74 Å². The number of benzene rings is 1. The van der Waals surface area contributed by atoms with Gasteiger partial charge in [-0.2, -0.15) is 0 Å². The normalized spacial score (nSPS) is 13.6. The van der Waals surface area contributed by atoms with Crippen LogP contribution >= 0.6 is 11.3 Å². The summed E-state index contributed by atoms with van der Waals surface area (Å²) in [6.07, 6.45) is 0.0588. The predicted octanol–water partition coefficient (Wildman–Crippen LogP) is 1.70. The number of Topliss-reactive ketones (excluding diaryl/α,β-unsaturated/α-hetero) is 1. The minimum Gasteiger partial charge on any atom is -0.456 e. The first-order chi connectivity index (χ1) is 11.6. The molecule has 0 saturated carbocycles. The molecule has 0 saturated heterocycles. The van der Waals surface area contributed by atoms with E-state index in [1.807, 2.05) is 0 Å². The molecule has 0 unspecified atom stereocenters. The van der Waals surface area contributed by atoms with Gasteiger partial charge in [-0.3, -0.25) is 24.1 Å². The molecule has 24 heavy (non-hydrogen) atoms. The molecule has 2 heterocycles. The van der Waals surface area contributed by atoms with Gasteiger partial charge in [-0.25, -0.2) is 0 Å². The molecular weight excluding hydrogens is 330 g/mol. The lowest BCUT2D eigenvalue weighted by molar-refractivity contribution is -0.146. The first-order valence-corrected chi connectivity index (χ1v) is 8.09. The fourth-order valence-corrected chi connectivity index (χ4v) is 3.04. The van der Waals surface area contributed by atoms with Gasteiger partial charge in [0.2, 0.25) is 11.7 Å². The van der Waals surface area contributed by atoms with Gasteiger partial charge in [-0.1, -0.05) is 24.3 Å². The molecule has 1 aliphatic rings. The summed E-state index contributed by atoms with van der Waals surface area (Å²) in [6.45, 7) is -0.907. The van der Waals surface area contributed by atoms with E-state index in [0.29, 0.717) is 16.0 Å². The Bertz CT molecular complexity index is 812. The maximum absolute atomic E-state index is 12.3. The number of nitrogens with zero attached hydrogens (tertiary/aromatic N) is 1. The first-order valence-electron chi connectivity index (χ1n) is 7.21. The van der Waals surface area contributed by atoms with Crippen LogP contribution in [0.15, 0.2) is 41.8 Å². The van der Waals surface area contributed by atoms with E-state index >= 15 is 0 Å². The van der Waals surface area contributed by atoms with Crippen LogP contribution < -0.4 is 0 Å². The van der Waals surface area contributed by atoms with Crippen molar-refractivity contribution in [3.05, 3.63) is 57.8 Å². The minimum atomic E-state index is -0.791. The zero-order valence-corrected chi connectivity index (χ0v) is 13.4. The quantitative estimate of drug-likeness (QED) is 0.469. The second-order valence-corrected chi connectivity index (χ2v) is 6.13. The van der Waals surface area contributed by atoms with Gasteiger partial charge in [0, 0.05) is 5.56 Å². The fourth-order valence-electron chi connectivity index (χ4n) is 2.39. The lowest BCUT2D eigenvalue weighted by atomic mass is 9.98. The van der Waals surface area contributed by atoms with Crippen molar-refractivity contribution in [1.82, 2.24) is 4.90 Å². The van der Waals surface area contributed by atoms with Gasteiger partial charge in [0.1, 0.15) is 6.54 Å². The number of hydrogen-bond acceptors (Lipinski definition) is 6. The highest BCUT2D eigenvalue weighted by molar-refractivity contribution is 7.12. The molecule has 3 rings (SSSR count). The van der Waals surface area contributed by atoms with Gasteiger partial charge in [0.25, 0.3) is 5.91 Å². The summed E-state index contributed by atoms with van der Waals surface area (Å²) in [6, 6.07) is 10.1. The lowest BCUT2D eigenvalue weighted by Gasteiger charge is -2.25. The molecular formula is C17H13NO5S. The largest absolute Gasteiger partial charge is 0.456 e. The second-order valence-electron chi connectivity index (χ2n) is 5.18. The Balaban J connectivity index is 1.61. The number of carbonyl (C=O) groups excluding carboxylic acids is 4. The Kier molecular flexibility index (Phi) is 4.52. The number of hydrogen-bond donors (Lipinski definition) is 0. The summed E-state index contributed by atoms with van der Waals surface area (Å²) in [5.41, 5.74) is 1.05. The number of imide groups is 1. The Morgan fingerprint density at radius 2 is 1.92 bits per heavy atom. The monoisotopic (exact) mass is 343 g/mol. The summed E-state index contributed by atoms with van der Waals surface area (Å²) >= 11 is 1.25. The average molecular weight is 343 g/mol. The topological polar surface area (TPSA) is 80.8 Å². The van der Waals surface area contributed by atoms with Crippen molar-refractivity contribution in [2.75, 3.05) is 13.2 Å². The van der Waals surface area contributed by atoms with Crippen molar-refractivity contribution < 1.29 is 23.9 Å². The van der Waals surface area contributed by atoms with Crippen LogP contribution in [0.5, 0.6) is 0 Å². The number of thiophene rings is 1. The van der Waals surface area contributed by atoms with Crippen LogP contribution in [-0.4, -0.2) is 41.6 Å². The zero-order chi connectivity index (χ0) is 17.1. The molecule has 0 fully saturated rings. The van der Waals surface area contributed by atoms with E-state index in [1.54, 1.807) is 41.8 Å². The molecule has 1 aromatic carbocycles. The maximum atomic E-state index is 12.3. The highest BCUT2D eigenvalue weighted by Gasteiger charge is 2.32. The zero-order valence-electron chi connectivity index (χ0n) is 12.6. The summed E-state index contributed by atoms with van der Waals surface area (Å²) < 4.78 is 4.89. The molecule has 2 amide bonds. The SMILES string of the molecule is O=C(CN1C(=O)Cc2ccccc2C1=O)OCC(=O)c1cccs1. The van der Waals surface area contributed by atoms with Crippen molar-refractivity contribution in [1.29, 1.82) is 0 Å². The van der Waals surface area contributed by atoms with E-state index < -0.39 is 30.9 Å². The van der Waals surface area contributed by atoms with Crippen LogP contribution in [0.25, 0.3) is 0 Å². The molecule has 122 valence electrons. The van der Waals surface area contributed by atoms with Crippen LogP contribution in [-0.2, 0) is 20.7 Å². The highest BCUT2D eigenvalue weighted by atomic mass is 32.1. The maximum Gasteiger partial charge on any atom is 0.326 e. The van der Waals surface area contributed by atoms with Crippen molar-refractivity contribution in [2.24, 2.45) is 0 Å². The Morgan fingerprint density at radius 3 is 2.67 bits per heavy atom. The Morgan fingerprint density at radius 1 is 1.12 bits per heavy atom. The smallest absolute Gasteiger partial charge is 0.326 e. The van der Waals surface area contributed by atoms with Crippen molar-refractivity contribution >= 4 is 34.9 Å². The summed E-state index contributed by atoms with van der Waals surface area (Å²) in [7, 11) is 0. The number of amides is 2. The van der Waals surface area contributed by atoms with Crippen LogP contribution in [0, 0.1) is 0 Å². The van der Waals surface area contributed by atoms with Gasteiger partial charge in [0.15, 0.2) is 6.61 Å². The van der Waals surface area contributed by atoms with E-state index in [9.17, 15) is 19.2 Å². The van der Waals surface area contributed by atoms with Crippen LogP contribution in [0.2, 0.25) is 0 Å². The molecule has 0 atom stereocenters. The van der Waals surface area contributed by atoms with Gasteiger partial charge >= 0.3 is 5.97 Å². The molecule has 1 aromatic heterocycles. The van der Waals surface area contributed by atoms with Gasteiger partial charge < -0.3 is 4.74 Å². The molecule has 0 aliphatic carbocycles. The number of esters is 1. The van der Waals surface area contributed by atoms with E-state index in [1.165, 1.54) is 11.3 Å². The summed E-state index contributed by atoms with van der Waals surface area (Å²) in [4.78, 5) is 49.4. The highest BCUT2D eigenvalue weighted by Crippen LogP contribution is 2.19. The van der Waals surface area contributed by atoms with E-state index in [2.05, 4.69) is 0 Å². The third kappa shape index (κ3) is 3.26. The molecule has 1 aliphatic heterocycles. The van der Waals surface area contributed by atoms with Gasteiger partial charge in [-0.15, -0.1) is 11.3 Å². The lowest BCUT2D eigenvalue weighted by Crippen LogP contribution is -2.45. The van der Waals surface area contributed by atoms with E-state index in [0.717, 1.165) is 4.90 Å². The molecule has 0 N–H and O–H groups in total. The summed E-state index contributed by atoms with van der Waals surface area (Å²) in [5, 5.41) is 1.75. The molecule has 7 heteroatoms. The van der Waals surface area contributed by atoms with Crippen molar-refractivity contribution in [3.63, 3.8) is 0 Å². The summed E-state index contributed by atoms with van der Waals surface area (Å²) in [5.74, 6) is -2.09. The van der Waals surface area contributed by atoms with Crippen LogP contribution in [0.3, 0.4) is 0 Å². The van der Waals surface area contributed by atoms with Crippen LogP contribution in [0.1, 0.15) is 25.6 Å².